The fourth-order valence-corrected chi connectivity index (χ4v) is 3.16. The molecule has 2 rings (SSSR count). The number of anilines is 1. The van der Waals surface area contributed by atoms with Gasteiger partial charge in [-0.15, -0.1) is 10.2 Å². The summed E-state index contributed by atoms with van der Waals surface area (Å²) in [7, 11) is 0. The van der Waals surface area contributed by atoms with Gasteiger partial charge in [-0.05, 0) is 27.7 Å². The van der Waals surface area contributed by atoms with E-state index in [2.05, 4.69) is 36.4 Å². The van der Waals surface area contributed by atoms with Crippen LogP contribution in [0, 0.1) is 0 Å². The van der Waals surface area contributed by atoms with Crippen LogP contribution in [0.2, 0.25) is 0 Å². The fraction of sp³-hybridized carbons (Fsp3) is 0.200. The van der Waals surface area contributed by atoms with Gasteiger partial charge in [-0.1, -0.05) is 30.0 Å². The normalized spacial score (nSPS) is 10.3. The Morgan fingerprint density at radius 1 is 1.50 bits per heavy atom. The Morgan fingerprint density at radius 3 is 3.06 bits per heavy atom. The first-order valence-electron chi connectivity index (χ1n) is 5.07. The highest BCUT2D eigenvalue weighted by molar-refractivity contribution is 9.10. The van der Waals surface area contributed by atoms with Crippen molar-refractivity contribution >= 4 is 50.1 Å². The smallest absolute Gasteiger partial charge is 0.259 e. The van der Waals surface area contributed by atoms with Crippen molar-refractivity contribution in [3.8, 4) is 0 Å². The number of nitrogens with one attached hydrogen (secondary N) is 1. The second-order valence-electron chi connectivity index (χ2n) is 3.15. The van der Waals surface area contributed by atoms with E-state index in [1.54, 1.807) is 24.0 Å². The van der Waals surface area contributed by atoms with E-state index in [4.69, 9.17) is 0 Å². The number of hydrogen-bond acceptors (Lipinski definition) is 6. The summed E-state index contributed by atoms with van der Waals surface area (Å²) in [6.45, 7) is 2.04. The summed E-state index contributed by atoms with van der Waals surface area (Å²) in [4.78, 5) is 15.8. The number of nitrogens with zero attached hydrogens (tertiary/aromatic N) is 3. The maximum Gasteiger partial charge on any atom is 0.259 e. The lowest BCUT2D eigenvalue weighted by molar-refractivity contribution is 0.102. The Bertz CT molecular complexity index is 560. The molecule has 1 amide bonds. The van der Waals surface area contributed by atoms with Crippen LogP contribution in [0.3, 0.4) is 0 Å². The van der Waals surface area contributed by atoms with Crippen LogP contribution < -0.4 is 5.32 Å². The molecule has 0 unspecified atom stereocenters. The summed E-state index contributed by atoms with van der Waals surface area (Å²) >= 11 is 6.23. The summed E-state index contributed by atoms with van der Waals surface area (Å²) in [6, 6.07) is 1.70. The van der Waals surface area contributed by atoms with Gasteiger partial charge in [0.15, 0.2) is 4.34 Å². The van der Waals surface area contributed by atoms with Crippen LogP contribution in [0.15, 0.2) is 27.3 Å². The number of hydrogen-bond donors (Lipinski definition) is 1. The maximum atomic E-state index is 11.9. The Labute approximate surface area is 121 Å². The lowest BCUT2D eigenvalue weighted by atomic mass is 10.3. The van der Waals surface area contributed by atoms with E-state index in [1.807, 2.05) is 6.92 Å². The zero-order valence-electron chi connectivity index (χ0n) is 9.38. The third-order valence-electron chi connectivity index (χ3n) is 1.86. The van der Waals surface area contributed by atoms with Gasteiger partial charge in [0.05, 0.1) is 5.56 Å². The highest BCUT2D eigenvalue weighted by atomic mass is 79.9. The first kappa shape index (κ1) is 13.4. The van der Waals surface area contributed by atoms with E-state index in [0.717, 1.165) is 14.6 Å². The number of thioether (sulfide) groups is 1. The molecule has 5 nitrogen and oxygen atoms in total. The molecular formula is C10H9BrN4OS2. The SMILES string of the molecule is CCSc1nnc(NC(=O)c2cncc(Br)c2)s1. The standard InChI is InChI=1S/C10H9BrN4OS2/c1-2-17-10-15-14-9(18-10)13-8(16)6-3-7(11)5-12-4-6/h3-5H,2H2,1H3,(H,13,14,16). The van der Waals surface area contributed by atoms with E-state index in [1.165, 1.54) is 17.5 Å². The molecule has 2 aromatic heterocycles. The molecule has 2 aromatic rings. The first-order chi connectivity index (χ1) is 8.69. The average molecular weight is 345 g/mol. The molecule has 2 heterocycles. The predicted molar refractivity (Wildman–Crippen MR) is 76.2 cm³/mol. The van der Waals surface area contributed by atoms with Crippen LogP contribution in [0.25, 0.3) is 0 Å². The van der Waals surface area contributed by atoms with Gasteiger partial charge >= 0.3 is 0 Å². The zero-order valence-corrected chi connectivity index (χ0v) is 12.6. The van der Waals surface area contributed by atoms with Crippen molar-refractivity contribution < 1.29 is 4.79 Å². The van der Waals surface area contributed by atoms with Crippen molar-refractivity contribution in [1.82, 2.24) is 15.2 Å². The van der Waals surface area contributed by atoms with E-state index < -0.39 is 0 Å². The Balaban J connectivity index is 2.06. The predicted octanol–water partition coefficient (Wildman–Crippen LogP) is 3.06. The summed E-state index contributed by atoms with van der Waals surface area (Å²) in [6.07, 6.45) is 3.13. The minimum Gasteiger partial charge on any atom is -0.296 e. The van der Waals surface area contributed by atoms with Crippen LogP contribution in [0.4, 0.5) is 5.13 Å². The number of rotatable bonds is 4. The van der Waals surface area contributed by atoms with Crippen molar-refractivity contribution in [1.29, 1.82) is 0 Å². The fourth-order valence-electron chi connectivity index (χ4n) is 1.15. The van der Waals surface area contributed by atoms with Gasteiger partial charge in [0, 0.05) is 16.9 Å². The molecule has 0 saturated heterocycles. The number of carbonyl (C=O) groups excluding carboxylic acids is 1. The third-order valence-corrected chi connectivity index (χ3v) is 4.15. The minimum atomic E-state index is -0.243. The second-order valence-corrected chi connectivity index (χ2v) is 6.56. The summed E-state index contributed by atoms with van der Waals surface area (Å²) in [5.74, 6) is 0.686. The molecule has 0 fully saturated rings. The Kier molecular flexibility index (Phi) is 4.67. The topological polar surface area (TPSA) is 67.8 Å². The summed E-state index contributed by atoms with van der Waals surface area (Å²) in [5.41, 5.74) is 0.476. The number of aromatic nitrogens is 3. The molecule has 0 saturated carbocycles. The van der Waals surface area contributed by atoms with Crippen molar-refractivity contribution in [2.75, 3.05) is 11.1 Å². The molecule has 94 valence electrons. The summed E-state index contributed by atoms with van der Waals surface area (Å²) < 4.78 is 1.61. The highest BCUT2D eigenvalue weighted by Crippen LogP contribution is 2.25. The molecule has 0 atom stereocenters. The zero-order chi connectivity index (χ0) is 13.0. The van der Waals surface area contributed by atoms with E-state index in [0.29, 0.717) is 10.7 Å². The van der Waals surface area contributed by atoms with Gasteiger partial charge in [0.25, 0.3) is 5.91 Å². The van der Waals surface area contributed by atoms with Crippen molar-refractivity contribution in [3.63, 3.8) is 0 Å². The maximum absolute atomic E-state index is 11.9. The Morgan fingerprint density at radius 2 is 2.33 bits per heavy atom. The monoisotopic (exact) mass is 344 g/mol. The van der Waals surface area contributed by atoms with Gasteiger partial charge in [0.2, 0.25) is 5.13 Å². The molecule has 0 bridgehead atoms. The van der Waals surface area contributed by atoms with Crippen LogP contribution in [0.5, 0.6) is 0 Å². The number of halogens is 1. The largest absolute Gasteiger partial charge is 0.296 e. The van der Waals surface area contributed by atoms with Crippen molar-refractivity contribution in [3.05, 3.63) is 28.5 Å². The molecule has 0 aliphatic heterocycles. The van der Waals surface area contributed by atoms with Crippen LogP contribution in [-0.2, 0) is 0 Å². The molecule has 0 aliphatic rings. The average Bonchev–Trinajstić information content (AvgIpc) is 2.77. The van der Waals surface area contributed by atoms with Crippen molar-refractivity contribution in [2.24, 2.45) is 0 Å². The van der Waals surface area contributed by atoms with E-state index in [9.17, 15) is 4.79 Å². The van der Waals surface area contributed by atoms with Gasteiger partial charge < -0.3 is 0 Å². The molecule has 1 N–H and O–H groups in total. The molecule has 8 heteroatoms. The molecule has 0 aromatic carbocycles. The van der Waals surface area contributed by atoms with Gasteiger partial charge in [-0.3, -0.25) is 15.1 Å². The highest BCUT2D eigenvalue weighted by Gasteiger charge is 2.10. The van der Waals surface area contributed by atoms with E-state index in [-0.39, 0.29) is 5.91 Å². The molecular weight excluding hydrogens is 336 g/mol. The molecule has 18 heavy (non-hydrogen) atoms. The lowest BCUT2D eigenvalue weighted by Gasteiger charge is -2.00. The number of pyridine rings is 1. The van der Waals surface area contributed by atoms with Crippen LogP contribution in [0.1, 0.15) is 17.3 Å². The second kappa shape index (κ2) is 6.26. The third kappa shape index (κ3) is 3.50. The van der Waals surface area contributed by atoms with Crippen LogP contribution in [-0.4, -0.2) is 26.8 Å². The Hall–Kier alpha value is -0.990. The molecule has 0 radical (unpaired) electrons. The van der Waals surface area contributed by atoms with Crippen LogP contribution >= 0.6 is 39.0 Å². The minimum absolute atomic E-state index is 0.243. The quantitative estimate of drug-likeness (QED) is 0.681. The lowest BCUT2D eigenvalue weighted by Crippen LogP contribution is -2.11. The number of amides is 1. The van der Waals surface area contributed by atoms with Gasteiger partial charge in [-0.25, -0.2) is 0 Å². The van der Waals surface area contributed by atoms with E-state index >= 15 is 0 Å². The first-order valence-corrected chi connectivity index (χ1v) is 7.66. The van der Waals surface area contributed by atoms with Gasteiger partial charge in [-0.2, -0.15) is 0 Å². The van der Waals surface area contributed by atoms with Crippen molar-refractivity contribution in [2.45, 2.75) is 11.3 Å². The number of carbonyl (C=O) groups is 1. The molecule has 0 aliphatic carbocycles. The van der Waals surface area contributed by atoms with Gasteiger partial charge in [0.1, 0.15) is 0 Å². The summed E-state index contributed by atoms with van der Waals surface area (Å²) in [5, 5.41) is 11.1. The molecule has 0 spiro atoms.